The molecular formula is C18H19FN2O3. The molecule has 0 spiro atoms. The summed E-state index contributed by atoms with van der Waals surface area (Å²) in [4.78, 5) is 16.5. The minimum atomic E-state index is -0.459. The Labute approximate surface area is 139 Å². The van der Waals surface area contributed by atoms with Crippen molar-refractivity contribution in [2.75, 3.05) is 13.7 Å². The molecule has 1 aromatic carbocycles. The predicted octanol–water partition coefficient (Wildman–Crippen LogP) is 2.95. The molecule has 126 valence electrons. The highest BCUT2D eigenvalue weighted by molar-refractivity contribution is 5.96. The molecule has 24 heavy (non-hydrogen) atoms. The van der Waals surface area contributed by atoms with Gasteiger partial charge in [0, 0.05) is 12.7 Å². The summed E-state index contributed by atoms with van der Waals surface area (Å²) in [6.07, 6.45) is 3.92. The van der Waals surface area contributed by atoms with Crippen molar-refractivity contribution in [1.29, 1.82) is 0 Å². The van der Waals surface area contributed by atoms with Crippen LogP contribution in [0.3, 0.4) is 0 Å². The fourth-order valence-electron chi connectivity index (χ4n) is 2.26. The van der Waals surface area contributed by atoms with E-state index in [2.05, 4.69) is 10.3 Å². The SMILES string of the molecule is COc1ccc(CNC(=O)c2cccnc2OCC2CC2)cc1F. The van der Waals surface area contributed by atoms with E-state index in [0.717, 1.165) is 12.8 Å². The highest BCUT2D eigenvalue weighted by atomic mass is 19.1. The van der Waals surface area contributed by atoms with Crippen LogP contribution in [0.4, 0.5) is 4.39 Å². The van der Waals surface area contributed by atoms with Crippen LogP contribution in [0.1, 0.15) is 28.8 Å². The molecule has 1 N–H and O–H groups in total. The number of amides is 1. The average molecular weight is 330 g/mol. The van der Waals surface area contributed by atoms with Crippen molar-refractivity contribution in [3.8, 4) is 11.6 Å². The number of ether oxygens (including phenoxy) is 2. The Morgan fingerprint density at radius 1 is 1.38 bits per heavy atom. The molecule has 1 aromatic heterocycles. The molecule has 0 bridgehead atoms. The predicted molar refractivity (Wildman–Crippen MR) is 86.6 cm³/mol. The lowest BCUT2D eigenvalue weighted by atomic mass is 10.2. The van der Waals surface area contributed by atoms with Crippen LogP contribution in [0.2, 0.25) is 0 Å². The maximum absolute atomic E-state index is 13.7. The van der Waals surface area contributed by atoms with Gasteiger partial charge in [-0.05, 0) is 48.6 Å². The molecule has 5 nitrogen and oxygen atoms in total. The fourth-order valence-corrected chi connectivity index (χ4v) is 2.26. The van der Waals surface area contributed by atoms with Crippen LogP contribution < -0.4 is 14.8 Å². The number of carbonyl (C=O) groups excluding carboxylic acids is 1. The van der Waals surface area contributed by atoms with Crippen molar-refractivity contribution in [3.05, 3.63) is 53.5 Å². The minimum absolute atomic E-state index is 0.174. The summed E-state index contributed by atoms with van der Waals surface area (Å²) >= 11 is 0. The van der Waals surface area contributed by atoms with E-state index in [9.17, 15) is 9.18 Å². The van der Waals surface area contributed by atoms with Gasteiger partial charge in [-0.1, -0.05) is 6.07 Å². The zero-order chi connectivity index (χ0) is 16.9. The standard InChI is InChI=1S/C18H19FN2O3/c1-23-16-7-6-13(9-15(16)19)10-21-17(22)14-3-2-8-20-18(14)24-11-12-4-5-12/h2-3,6-9,12H,4-5,10-11H2,1H3,(H,21,22). The Bertz CT molecular complexity index is 732. The first kappa shape index (κ1) is 16.2. The van der Waals surface area contributed by atoms with E-state index in [-0.39, 0.29) is 18.2 Å². The van der Waals surface area contributed by atoms with E-state index >= 15 is 0 Å². The summed E-state index contributed by atoms with van der Waals surface area (Å²) in [5.74, 6) is 0.324. The van der Waals surface area contributed by atoms with E-state index in [4.69, 9.17) is 9.47 Å². The first-order valence-corrected chi connectivity index (χ1v) is 7.86. The third-order valence-electron chi connectivity index (χ3n) is 3.84. The zero-order valence-corrected chi connectivity index (χ0v) is 13.4. The molecule has 0 unspecified atom stereocenters. The molecule has 3 rings (SSSR count). The van der Waals surface area contributed by atoms with Crippen molar-refractivity contribution in [3.63, 3.8) is 0 Å². The lowest BCUT2D eigenvalue weighted by Crippen LogP contribution is -2.24. The topological polar surface area (TPSA) is 60.5 Å². The monoisotopic (exact) mass is 330 g/mol. The van der Waals surface area contributed by atoms with Crippen LogP contribution in [0.25, 0.3) is 0 Å². The number of aromatic nitrogens is 1. The summed E-state index contributed by atoms with van der Waals surface area (Å²) < 4.78 is 24.2. The number of halogens is 1. The van der Waals surface area contributed by atoms with Gasteiger partial charge in [0.05, 0.1) is 13.7 Å². The number of nitrogens with zero attached hydrogens (tertiary/aromatic N) is 1. The maximum atomic E-state index is 13.7. The highest BCUT2D eigenvalue weighted by Crippen LogP contribution is 2.29. The zero-order valence-electron chi connectivity index (χ0n) is 13.4. The second-order valence-corrected chi connectivity index (χ2v) is 5.76. The van der Waals surface area contributed by atoms with E-state index < -0.39 is 5.82 Å². The van der Waals surface area contributed by atoms with Gasteiger partial charge in [-0.25, -0.2) is 9.37 Å². The number of methoxy groups -OCH3 is 1. The van der Waals surface area contributed by atoms with Gasteiger partial charge < -0.3 is 14.8 Å². The van der Waals surface area contributed by atoms with Crippen LogP contribution in [0, 0.1) is 11.7 Å². The molecule has 1 fully saturated rings. The van der Waals surface area contributed by atoms with Crippen molar-refractivity contribution in [2.24, 2.45) is 5.92 Å². The number of carbonyl (C=O) groups is 1. The average Bonchev–Trinajstić information content (AvgIpc) is 3.42. The van der Waals surface area contributed by atoms with Crippen LogP contribution >= 0.6 is 0 Å². The van der Waals surface area contributed by atoms with Crippen molar-refractivity contribution >= 4 is 5.91 Å². The third-order valence-corrected chi connectivity index (χ3v) is 3.84. The smallest absolute Gasteiger partial charge is 0.257 e. The van der Waals surface area contributed by atoms with Gasteiger partial charge in [0.15, 0.2) is 11.6 Å². The lowest BCUT2D eigenvalue weighted by Gasteiger charge is -2.11. The molecule has 1 heterocycles. The molecule has 1 aliphatic rings. The highest BCUT2D eigenvalue weighted by Gasteiger charge is 2.23. The molecule has 0 aliphatic heterocycles. The largest absolute Gasteiger partial charge is 0.494 e. The molecule has 1 saturated carbocycles. The van der Waals surface area contributed by atoms with Crippen LogP contribution in [0.15, 0.2) is 36.5 Å². The number of nitrogens with one attached hydrogen (secondary N) is 1. The second kappa shape index (κ2) is 7.29. The first-order valence-electron chi connectivity index (χ1n) is 7.86. The Morgan fingerprint density at radius 2 is 2.21 bits per heavy atom. The molecule has 1 amide bonds. The number of hydrogen-bond acceptors (Lipinski definition) is 4. The van der Waals surface area contributed by atoms with Gasteiger partial charge in [-0.2, -0.15) is 0 Å². The van der Waals surface area contributed by atoms with Gasteiger partial charge in [0.1, 0.15) is 5.56 Å². The number of hydrogen-bond donors (Lipinski definition) is 1. The molecule has 0 atom stereocenters. The Kier molecular flexibility index (Phi) is 4.93. The number of rotatable bonds is 7. The van der Waals surface area contributed by atoms with E-state index in [1.807, 2.05) is 0 Å². The van der Waals surface area contributed by atoms with Gasteiger partial charge in [0.25, 0.3) is 5.91 Å². The summed E-state index contributed by atoms with van der Waals surface area (Å²) in [7, 11) is 1.41. The second-order valence-electron chi connectivity index (χ2n) is 5.76. The normalized spacial score (nSPS) is 13.4. The van der Waals surface area contributed by atoms with Gasteiger partial charge in [0.2, 0.25) is 5.88 Å². The molecular weight excluding hydrogens is 311 g/mol. The third kappa shape index (κ3) is 4.01. The first-order chi connectivity index (χ1) is 11.7. The fraction of sp³-hybridized carbons (Fsp3) is 0.333. The maximum Gasteiger partial charge on any atom is 0.257 e. The molecule has 0 saturated heterocycles. The Hall–Kier alpha value is -2.63. The summed E-state index contributed by atoms with van der Waals surface area (Å²) in [6.45, 7) is 0.789. The minimum Gasteiger partial charge on any atom is -0.494 e. The molecule has 2 aromatic rings. The molecule has 0 radical (unpaired) electrons. The Morgan fingerprint density at radius 3 is 2.92 bits per heavy atom. The van der Waals surface area contributed by atoms with Gasteiger partial charge >= 0.3 is 0 Å². The van der Waals surface area contributed by atoms with E-state index in [0.29, 0.717) is 29.5 Å². The van der Waals surface area contributed by atoms with Crippen molar-refractivity contribution in [1.82, 2.24) is 10.3 Å². The summed E-state index contributed by atoms with van der Waals surface area (Å²) in [6, 6.07) is 7.93. The van der Waals surface area contributed by atoms with E-state index in [1.54, 1.807) is 24.4 Å². The summed E-state index contributed by atoms with van der Waals surface area (Å²) in [5.41, 5.74) is 1.03. The van der Waals surface area contributed by atoms with Crippen LogP contribution in [-0.4, -0.2) is 24.6 Å². The summed E-state index contributed by atoms with van der Waals surface area (Å²) in [5, 5.41) is 2.76. The number of benzene rings is 1. The quantitative estimate of drug-likeness (QED) is 0.848. The molecule has 1 aliphatic carbocycles. The number of pyridine rings is 1. The van der Waals surface area contributed by atoms with Crippen molar-refractivity contribution in [2.45, 2.75) is 19.4 Å². The van der Waals surface area contributed by atoms with Crippen LogP contribution in [0.5, 0.6) is 11.6 Å². The van der Waals surface area contributed by atoms with Crippen molar-refractivity contribution < 1.29 is 18.7 Å². The van der Waals surface area contributed by atoms with Gasteiger partial charge in [-0.15, -0.1) is 0 Å². The van der Waals surface area contributed by atoms with Gasteiger partial charge in [-0.3, -0.25) is 4.79 Å². The lowest BCUT2D eigenvalue weighted by molar-refractivity contribution is 0.0945. The molecule has 6 heteroatoms. The Balaban J connectivity index is 1.63. The van der Waals surface area contributed by atoms with Crippen LogP contribution in [-0.2, 0) is 6.54 Å². The van der Waals surface area contributed by atoms with E-state index in [1.165, 1.54) is 19.2 Å².